The minimum absolute atomic E-state index is 0.152. The summed E-state index contributed by atoms with van der Waals surface area (Å²) in [7, 11) is 0. The van der Waals surface area contributed by atoms with Crippen molar-refractivity contribution in [2.24, 2.45) is 0 Å². The van der Waals surface area contributed by atoms with E-state index < -0.39 is 11.9 Å². The first-order valence-corrected chi connectivity index (χ1v) is 9.91. The third-order valence-corrected chi connectivity index (χ3v) is 4.86. The van der Waals surface area contributed by atoms with Gasteiger partial charge in [-0.3, -0.25) is 9.69 Å². The van der Waals surface area contributed by atoms with E-state index in [1.54, 1.807) is 18.2 Å². The summed E-state index contributed by atoms with van der Waals surface area (Å²) in [5, 5.41) is 2.58. The summed E-state index contributed by atoms with van der Waals surface area (Å²) >= 11 is 3.51. The van der Waals surface area contributed by atoms with Crippen molar-refractivity contribution < 1.29 is 19.1 Å². The monoisotopic (exact) mass is 456 g/mol. The minimum Gasteiger partial charge on any atom is -0.490 e. The zero-order valence-electron chi connectivity index (χ0n) is 16.0. The molecule has 1 saturated heterocycles. The fraction of sp³-hybridized carbons (Fsp3) is 0.182. The molecule has 1 heterocycles. The lowest BCUT2D eigenvalue weighted by atomic mass is 10.1. The molecule has 7 heteroatoms. The highest BCUT2D eigenvalue weighted by Crippen LogP contribution is 2.35. The van der Waals surface area contributed by atoms with Gasteiger partial charge in [-0.25, -0.2) is 4.79 Å². The summed E-state index contributed by atoms with van der Waals surface area (Å²) in [5.41, 5.74) is 1.92. The maximum absolute atomic E-state index is 12.4. The predicted molar refractivity (Wildman–Crippen MR) is 115 cm³/mol. The number of urea groups is 1. The van der Waals surface area contributed by atoms with Crippen molar-refractivity contribution in [2.45, 2.75) is 13.5 Å². The Hall–Kier alpha value is -3.06. The third kappa shape index (κ3) is 4.86. The molecule has 6 nitrogen and oxygen atoms in total. The van der Waals surface area contributed by atoms with E-state index in [0.29, 0.717) is 34.7 Å². The van der Waals surface area contributed by atoms with Gasteiger partial charge in [0.15, 0.2) is 11.5 Å². The topological polar surface area (TPSA) is 67.9 Å². The molecular weight excluding hydrogens is 436 g/mol. The number of rotatable bonds is 8. The normalized spacial score (nSPS) is 14.8. The SMILES string of the molecule is C=CCN1C(=O)N/C(=C/c2cc(OCC)c(OCc3ccccc3)cc2Br)C1=O. The fourth-order valence-corrected chi connectivity index (χ4v) is 3.24. The molecule has 0 unspecified atom stereocenters. The number of imide groups is 1. The number of nitrogens with zero attached hydrogens (tertiary/aromatic N) is 1. The number of hydrogen-bond donors (Lipinski definition) is 1. The van der Waals surface area contributed by atoms with Crippen molar-refractivity contribution in [3.05, 3.63) is 76.4 Å². The Balaban J connectivity index is 1.87. The Kier molecular flexibility index (Phi) is 6.72. The van der Waals surface area contributed by atoms with Gasteiger partial charge in [-0.2, -0.15) is 0 Å². The van der Waals surface area contributed by atoms with E-state index in [2.05, 4.69) is 27.8 Å². The molecule has 0 saturated carbocycles. The van der Waals surface area contributed by atoms with Gasteiger partial charge in [0.1, 0.15) is 12.3 Å². The number of benzene rings is 2. The smallest absolute Gasteiger partial charge is 0.329 e. The molecule has 0 radical (unpaired) electrons. The fourth-order valence-electron chi connectivity index (χ4n) is 2.80. The quantitative estimate of drug-likeness (QED) is 0.360. The molecule has 0 bridgehead atoms. The van der Waals surface area contributed by atoms with Crippen LogP contribution in [0.3, 0.4) is 0 Å². The Morgan fingerprint density at radius 2 is 1.86 bits per heavy atom. The first kappa shape index (κ1) is 20.7. The van der Waals surface area contributed by atoms with Crippen molar-refractivity contribution in [1.29, 1.82) is 0 Å². The summed E-state index contributed by atoms with van der Waals surface area (Å²) in [4.78, 5) is 25.5. The molecule has 1 aliphatic rings. The standard InChI is InChI=1S/C22H21BrN2O4/c1-3-10-25-21(26)18(24-22(25)27)11-16-12-19(28-4-2)20(13-17(16)23)29-14-15-8-6-5-7-9-15/h3,5-9,11-13H,1,4,10,14H2,2H3,(H,24,27)/b18-11+. The van der Waals surface area contributed by atoms with Gasteiger partial charge < -0.3 is 14.8 Å². The van der Waals surface area contributed by atoms with Gasteiger partial charge in [0.05, 0.1) is 6.61 Å². The molecule has 2 aromatic carbocycles. The minimum atomic E-state index is -0.467. The summed E-state index contributed by atoms with van der Waals surface area (Å²) in [6.07, 6.45) is 3.11. The maximum Gasteiger partial charge on any atom is 0.329 e. The number of ether oxygens (including phenoxy) is 2. The van der Waals surface area contributed by atoms with E-state index in [0.717, 1.165) is 10.5 Å². The molecule has 0 spiro atoms. The summed E-state index contributed by atoms with van der Waals surface area (Å²) in [6.45, 7) is 6.46. The van der Waals surface area contributed by atoms with Gasteiger partial charge in [-0.05, 0) is 36.3 Å². The second kappa shape index (κ2) is 9.43. The van der Waals surface area contributed by atoms with Crippen LogP contribution in [-0.2, 0) is 11.4 Å². The largest absolute Gasteiger partial charge is 0.490 e. The highest BCUT2D eigenvalue weighted by Gasteiger charge is 2.32. The van der Waals surface area contributed by atoms with Crippen LogP contribution in [-0.4, -0.2) is 30.0 Å². The molecule has 2 aromatic rings. The highest BCUT2D eigenvalue weighted by molar-refractivity contribution is 9.10. The van der Waals surface area contributed by atoms with Crippen molar-refractivity contribution in [2.75, 3.05) is 13.2 Å². The number of nitrogens with one attached hydrogen (secondary N) is 1. The van der Waals surface area contributed by atoms with Crippen LogP contribution in [0.2, 0.25) is 0 Å². The second-order valence-corrected chi connectivity index (χ2v) is 7.07. The molecule has 1 aliphatic heterocycles. The van der Waals surface area contributed by atoms with Crippen LogP contribution >= 0.6 is 15.9 Å². The van der Waals surface area contributed by atoms with Crippen LogP contribution in [0.1, 0.15) is 18.1 Å². The molecular formula is C22H21BrN2O4. The molecule has 0 atom stereocenters. The molecule has 150 valence electrons. The van der Waals surface area contributed by atoms with E-state index in [9.17, 15) is 9.59 Å². The molecule has 0 aromatic heterocycles. The van der Waals surface area contributed by atoms with Crippen LogP contribution < -0.4 is 14.8 Å². The van der Waals surface area contributed by atoms with Crippen molar-refractivity contribution in [3.8, 4) is 11.5 Å². The van der Waals surface area contributed by atoms with Gasteiger partial charge >= 0.3 is 6.03 Å². The highest BCUT2D eigenvalue weighted by atomic mass is 79.9. The lowest BCUT2D eigenvalue weighted by molar-refractivity contribution is -0.122. The van der Waals surface area contributed by atoms with Gasteiger partial charge in [0.25, 0.3) is 5.91 Å². The van der Waals surface area contributed by atoms with Gasteiger partial charge in [-0.1, -0.05) is 52.3 Å². The van der Waals surface area contributed by atoms with Crippen molar-refractivity contribution >= 4 is 33.9 Å². The van der Waals surface area contributed by atoms with E-state index in [1.807, 2.05) is 37.3 Å². The van der Waals surface area contributed by atoms with Crippen LogP contribution in [0.15, 0.2) is 65.3 Å². The van der Waals surface area contributed by atoms with Gasteiger partial charge in [-0.15, -0.1) is 6.58 Å². The Bertz CT molecular complexity index is 957. The number of amides is 3. The zero-order chi connectivity index (χ0) is 20.8. The van der Waals surface area contributed by atoms with Crippen LogP contribution in [0, 0.1) is 0 Å². The van der Waals surface area contributed by atoms with Crippen LogP contribution in [0.25, 0.3) is 6.08 Å². The first-order valence-electron chi connectivity index (χ1n) is 9.12. The Morgan fingerprint density at radius 1 is 1.14 bits per heavy atom. The average molecular weight is 457 g/mol. The molecule has 1 N–H and O–H groups in total. The Labute approximate surface area is 177 Å². The van der Waals surface area contributed by atoms with Crippen molar-refractivity contribution in [3.63, 3.8) is 0 Å². The van der Waals surface area contributed by atoms with Crippen LogP contribution in [0.5, 0.6) is 11.5 Å². The Morgan fingerprint density at radius 3 is 2.55 bits per heavy atom. The molecule has 29 heavy (non-hydrogen) atoms. The third-order valence-electron chi connectivity index (χ3n) is 4.17. The lowest BCUT2D eigenvalue weighted by Crippen LogP contribution is -2.30. The average Bonchev–Trinajstić information content (AvgIpc) is 2.98. The van der Waals surface area contributed by atoms with Gasteiger partial charge in [0, 0.05) is 11.0 Å². The van der Waals surface area contributed by atoms with Crippen molar-refractivity contribution in [1.82, 2.24) is 10.2 Å². The number of hydrogen-bond acceptors (Lipinski definition) is 4. The van der Waals surface area contributed by atoms with E-state index in [-0.39, 0.29) is 12.2 Å². The lowest BCUT2D eigenvalue weighted by Gasteiger charge is -2.14. The maximum atomic E-state index is 12.4. The first-order chi connectivity index (χ1) is 14.0. The summed E-state index contributed by atoms with van der Waals surface area (Å²) in [6, 6.07) is 12.9. The van der Waals surface area contributed by atoms with E-state index >= 15 is 0 Å². The number of carbonyl (C=O) groups is 2. The van der Waals surface area contributed by atoms with Crippen LogP contribution in [0.4, 0.5) is 4.79 Å². The van der Waals surface area contributed by atoms with Gasteiger partial charge in [0.2, 0.25) is 0 Å². The molecule has 3 rings (SSSR count). The van der Waals surface area contributed by atoms with E-state index in [4.69, 9.17) is 9.47 Å². The van der Waals surface area contributed by atoms with E-state index in [1.165, 1.54) is 6.08 Å². The number of halogens is 1. The molecule has 1 fully saturated rings. The summed E-state index contributed by atoms with van der Waals surface area (Å²) in [5.74, 6) is 0.738. The predicted octanol–water partition coefficient (Wildman–Crippen LogP) is 4.51. The zero-order valence-corrected chi connectivity index (χ0v) is 17.6. The number of carbonyl (C=O) groups excluding carboxylic acids is 2. The summed E-state index contributed by atoms with van der Waals surface area (Å²) < 4.78 is 12.4. The molecule has 3 amide bonds. The molecule has 0 aliphatic carbocycles. The second-order valence-electron chi connectivity index (χ2n) is 6.22.